The molecule has 2 aliphatic carbocycles. The lowest BCUT2D eigenvalue weighted by Crippen LogP contribution is -2.53. The predicted octanol–water partition coefficient (Wildman–Crippen LogP) is 6.38. The first-order valence-electron chi connectivity index (χ1n) is 16.3. The van der Waals surface area contributed by atoms with Gasteiger partial charge in [-0.1, -0.05) is 53.6 Å². The first kappa shape index (κ1) is 31.8. The van der Waals surface area contributed by atoms with Crippen LogP contribution in [0.1, 0.15) is 29.9 Å². The smallest absolute Gasteiger partial charge is 0.260 e. The van der Waals surface area contributed by atoms with Crippen LogP contribution >= 0.6 is 11.6 Å². The number of phenolic OH excluding ortho intramolecular Hbond substituents is 1. The summed E-state index contributed by atoms with van der Waals surface area (Å²) in [5.74, 6) is -6.13. The van der Waals surface area contributed by atoms with Gasteiger partial charge in [0, 0.05) is 16.5 Å². The molecule has 0 aromatic heterocycles. The fourth-order valence-electron chi connectivity index (χ4n) is 8.72. The van der Waals surface area contributed by atoms with Gasteiger partial charge >= 0.3 is 0 Å². The Balaban J connectivity index is 1.35. The number of nitrogens with one attached hydrogen (secondary N) is 1. The van der Waals surface area contributed by atoms with Crippen LogP contribution in [0.25, 0.3) is 0 Å². The standard InChI is InChI=1S/C39H31ClFN3O6/c1-50-26-15-18-32(45)30(19-26)34-27-16-17-28-33(37(48)43(35(28)46)25-5-3-2-4-6-25)29(27)20-31-36(47)44(42-24-13-11-23(41)12-14-24)38(49)39(31,34)21-7-9-22(40)10-8-21/h2-16,18-19,28-29,31,33-34,42,45H,17,20H2,1H3. The van der Waals surface area contributed by atoms with E-state index in [4.69, 9.17) is 16.3 Å². The molecule has 1 saturated carbocycles. The largest absolute Gasteiger partial charge is 0.508 e. The van der Waals surface area contributed by atoms with Gasteiger partial charge < -0.3 is 9.84 Å². The number of anilines is 2. The second kappa shape index (κ2) is 11.8. The van der Waals surface area contributed by atoms with Crippen LogP contribution in [0, 0.1) is 29.5 Å². The van der Waals surface area contributed by atoms with Crippen molar-refractivity contribution in [2.24, 2.45) is 23.7 Å². The monoisotopic (exact) mass is 691 g/mol. The van der Waals surface area contributed by atoms with Crippen LogP contribution in [0.3, 0.4) is 0 Å². The number of halogens is 2. The zero-order valence-corrected chi connectivity index (χ0v) is 27.5. The number of phenols is 1. The van der Waals surface area contributed by atoms with Crippen molar-refractivity contribution in [2.45, 2.75) is 24.2 Å². The zero-order valence-electron chi connectivity index (χ0n) is 26.8. The van der Waals surface area contributed by atoms with E-state index in [2.05, 4.69) is 5.43 Å². The topological polar surface area (TPSA) is 116 Å². The normalized spacial score (nSPS) is 27.1. The van der Waals surface area contributed by atoms with Crippen LogP contribution in [0.15, 0.2) is 109 Å². The minimum Gasteiger partial charge on any atom is -0.508 e. The first-order chi connectivity index (χ1) is 24.1. The molecule has 6 atom stereocenters. The lowest BCUT2D eigenvalue weighted by Gasteiger charge is -2.50. The second-order valence-corrected chi connectivity index (χ2v) is 13.6. The Labute approximate surface area is 291 Å². The molecule has 11 heteroatoms. The number of hydrogen-bond acceptors (Lipinski definition) is 7. The average molecular weight is 692 g/mol. The summed E-state index contributed by atoms with van der Waals surface area (Å²) >= 11 is 6.34. The number of aromatic hydroxyl groups is 1. The van der Waals surface area contributed by atoms with Crippen molar-refractivity contribution >= 4 is 46.6 Å². The van der Waals surface area contributed by atoms with Crippen LogP contribution < -0.4 is 15.1 Å². The van der Waals surface area contributed by atoms with Crippen molar-refractivity contribution in [3.63, 3.8) is 0 Å². The van der Waals surface area contributed by atoms with Crippen LogP contribution in [0.4, 0.5) is 15.8 Å². The summed E-state index contributed by atoms with van der Waals surface area (Å²) in [6.45, 7) is 0. The molecule has 2 saturated heterocycles. The molecule has 4 aromatic carbocycles. The quantitative estimate of drug-likeness (QED) is 0.178. The summed E-state index contributed by atoms with van der Waals surface area (Å²) in [4.78, 5) is 59.4. The lowest BCUT2D eigenvalue weighted by molar-refractivity contribution is -0.138. The third-order valence-electron chi connectivity index (χ3n) is 10.8. The number of benzene rings is 4. The van der Waals surface area contributed by atoms with E-state index in [0.717, 1.165) is 5.01 Å². The number of fused-ring (bicyclic) bond motifs is 4. The third kappa shape index (κ3) is 4.58. The number of hydrogen-bond donors (Lipinski definition) is 2. The fraction of sp³-hybridized carbons (Fsp3) is 0.231. The Morgan fingerprint density at radius 2 is 1.60 bits per heavy atom. The van der Waals surface area contributed by atoms with E-state index in [-0.39, 0.29) is 30.4 Å². The maximum absolute atomic E-state index is 15.2. The summed E-state index contributed by atoms with van der Waals surface area (Å²) < 4.78 is 19.4. The maximum Gasteiger partial charge on any atom is 0.260 e. The van der Waals surface area contributed by atoms with Gasteiger partial charge in [-0.05, 0) is 91.1 Å². The molecule has 4 amide bonds. The minimum absolute atomic E-state index is 0.0741. The Kier molecular flexibility index (Phi) is 7.52. The van der Waals surface area contributed by atoms with Gasteiger partial charge in [-0.2, -0.15) is 5.01 Å². The number of carbonyl (C=O) groups is 4. The van der Waals surface area contributed by atoms with Gasteiger partial charge in [0.05, 0.1) is 41.7 Å². The van der Waals surface area contributed by atoms with Gasteiger partial charge in [0.25, 0.3) is 11.8 Å². The van der Waals surface area contributed by atoms with Crippen molar-refractivity contribution in [1.82, 2.24) is 5.01 Å². The number of ether oxygens (including phenoxy) is 1. The summed E-state index contributed by atoms with van der Waals surface area (Å²) in [7, 11) is 1.49. The highest BCUT2D eigenvalue weighted by Crippen LogP contribution is 2.65. The van der Waals surface area contributed by atoms with Gasteiger partial charge in [0.15, 0.2) is 0 Å². The summed E-state index contributed by atoms with van der Waals surface area (Å²) in [6, 6.07) is 25.5. The molecule has 252 valence electrons. The van der Waals surface area contributed by atoms with Crippen molar-refractivity contribution < 1.29 is 33.4 Å². The molecule has 50 heavy (non-hydrogen) atoms. The van der Waals surface area contributed by atoms with Gasteiger partial charge in [0.1, 0.15) is 17.3 Å². The van der Waals surface area contributed by atoms with Crippen molar-refractivity contribution in [3.05, 3.63) is 131 Å². The summed E-state index contributed by atoms with van der Waals surface area (Å²) in [5.41, 5.74) is 3.57. The highest BCUT2D eigenvalue weighted by atomic mass is 35.5. The number of nitrogens with zero attached hydrogens (tertiary/aromatic N) is 2. The van der Waals surface area contributed by atoms with Gasteiger partial charge in [-0.3, -0.25) is 29.5 Å². The van der Waals surface area contributed by atoms with Crippen LogP contribution in [-0.2, 0) is 24.6 Å². The van der Waals surface area contributed by atoms with Gasteiger partial charge in [0.2, 0.25) is 11.8 Å². The lowest BCUT2D eigenvalue weighted by atomic mass is 9.49. The fourth-order valence-corrected chi connectivity index (χ4v) is 8.85. The molecule has 2 N–H and O–H groups in total. The molecule has 4 aliphatic rings. The highest BCUT2D eigenvalue weighted by molar-refractivity contribution is 6.30. The van der Waals surface area contributed by atoms with E-state index < -0.39 is 52.6 Å². The SMILES string of the molecule is COc1ccc(O)c(C2C3=CCC4C(=O)N(c5ccccc5)C(=O)C4C3CC3C(=O)N(Nc4ccc(F)cc4)C(=O)C32c2ccc(Cl)cc2)c1. The molecule has 0 radical (unpaired) electrons. The molecular formula is C39H31ClFN3O6. The van der Waals surface area contributed by atoms with E-state index in [1.807, 2.05) is 6.08 Å². The number of carbonyl (C=O) groups excluding carboxylic acids is 4. The Morgan fingerprint density at radius 1 is 0.880 bits per heavy atom. The number of rotatable bonds is 6. The predicted molar refractivity (Wildman–Crippen MR) is 183 cm³/mol. The average Bonchev–Trinajstić information content (AvgIpc) is 3.51. The van der Waals surface area contributed by atoms with E-state index in [9.17, 15) is 23.9 Å². The number of hydrazine groups is 1. The van der Waals surface area contributed by atoms with Crippen molar-refractivity contribution in [3.8, 4) is 11.5 Å². The molecule has 3 fully saturated rings. The Morgan fingerprint density at radius 3 is 2.30 bits per heavy atom. The van der Waals surface area contributed by atoms with Crippen molar-refractivity contribution in [1.29, 1.82) is 0 Å². The molecule has 4 aromatic rings. The number of amides is 4. The highest BCUT2D eigenvalue weighted by Gasteiger charge is 2.70. The van der Waals surface area contributed by atoms with E-state index in [1.165, 1.54) is 42.3 Å². The molecule has 0 spiro atoms. The zero-order chi connectivity index (χ0) is 34.9. The molecule has 0 bridgehead atoms. The first-order valence-corrected chi connectivity index (χ1v) is 16.7. The molecule has 2 heterocycles. The Hall–Kier alpha value is -5.48. The van der Waals surface area contributed by atoms with Crippen molar-refractivity contribution in [2.75, 3.05) is 17.4 Å². The van der Waals surface area contributed by atoms with Gasteiger partial charge in [-0.25, -0.2) is 4.39 Å². The van der Waals surface area contributed by atoms with E-state index in [0.29, 0.717) is 38.8 Å². The van der Waals surface area contributed by atoms with Crippen LogP contribution in [-0.4, -0.2) is 40.9 Å². The molecule has 9 nitrogen and oxygen atoms in total. The van der Waals surface area contributed by atoms with Crippen LogP contribution in [0.5, 0.6) is 11.5 Å². The van der Waals surface area contributed by atoms with E-state index >= 15 is 4.79 Å². The van der Waals surface area contributed by atoms with E-state index in [1.54, 1.807) is 66.7 Å². The Bertz CT molecular complexity index is 2090. The number of imide groups is 2. The number of methoxy groups -OCH3 is 1. The molecule has 8 rings (SSSR count). The summed E-state index contributed by atoms with van der Waals surface area (Å²) in [5, 5.41) is 12.9. The minimum atomic E-state index is -1.63. The maximum atomic E-state index is 15.2. The van der Waals surface area contributed by atoms with Crippen LogP contribution in [0.2, 0.25) is 5.02 Å². The third-order valence-corrected chi connectivity index (χ3v) is 11.1. The van der Waals surface area contributed by atoms with Gasteiger partial charge in [-0.15, -0.1) is 0 Å². The summed E-state index contributed by atoms with van der Waals surface area (Å²) in [6.07, 6.45) is 2.22. The molecule has 2 aliphatic heterocycles. The molecular weight excluding hydrogens is 661 g/mol. The number of allylic oxidation sites excluding steroid dienone is 2. The second-order valence-electron chi connectivity index (χ2n) is 13.1. The number of para-hydroxylation sites is 1. The molecule has 6 unspecified atom stereocenters.